The third kappa shape index (κ3) is 3.68. The van der Waals surface area contributed by atoms with Gasteiger partial charge >= 0.3 is 5.97 Å². The molecule has 0 aromatic heterocycles. The number of unbranched alkanes of at least 4 members (excludes halogenated alkanes) is 1. The van der Waals surface area contributed by atoms with Crippen LogP contribution in [0.1, 0.15) is 26.2 Å². The summed E-state index contributed by atoms with van der Waals surface area (Å²) in [5.41, 5.74) is 0. The van der Waals surface area contributed by atoms with Gasteiger partial charge in [-0.2, -0.15) is 0 Å². The summed E-state index contributed by atoms with van der Waals surface area (Å²) in [6, 6.07) is 0. The SMILES string of the molecule is CCC/C=C/C=C/[C@@H]1C[C@@H](O)[C@H](O)[C@@H]1C(=O)O. The zero-order valence-corrected chi connectivity index (χ0v) is 9.99. The van der Waals surface area contributed by atoms with Crippen LogP contribution in [-0.2, 0) is 4.79 Å². The van der Waals surface area contributed by atoms with Crippen molar-refractivity contribution in [2.45, 2.75) is 38.4 Å². The van der Waals surface area contributed by atoms with Gasteiger partial charge in [0.25, 0.3) is 0 Å². The van der Waals surface area contributed by atoms with E-state index in [2.05, 4.69) is 6.92 Å². The van der Waals surface area contributed by atoms with Crippen LogP contribution in [0.3, 0.4) is 0 Å². The van der Waals surface area contributed by atoms with E-state index >= 15 is 0 Å². The van der Waals surface area contributed by atoms with Crippen LogP contribution in [0.15, 0.2) is 24.3 Å². The Kier molecular flexibility index (Phi) is 5.38. The molecule has 1 rings (SSSR count). The molecule has 96 valence electrons. The highest BCUT2D eigenvalue weighted by atomic mass is 16.4. The summed E-state index contributed by atoms with van der Waals surface area (Å²) in [4.78, 5) is 11.0. The van der Waals surface area contributed by atoms with E-state index in [1.807, 2.05) is 12.2 Å². The molecule has 17 heavy (non-hydrogen) atoms. The molecule has 0 saturated heterocycles. The first-order valence-electron chi connectivity index (χ1n) is 6.00. The van der Waals surface area contributed by atoms with Crippen molar-refractivity contribution in [3.05, 3.63) is 24.3 Å². The lowest BCUT2D eigenvalue weighted by molar-refractivity contribution is -0.146. The van der Waals surface area contributed by atoms with Crippen molar-refractivity contribution in [2.75, 3.05) is 0 Å². The standard InChI is InChI=1S/C13H20O4/c1-2-3-4-5-6-7-9-8-10(14)12(15)11(9)13(16)17/h4-7,9-12,14-15H,2-3,8H2,1H3,(H,16,17)/b5-4+,7-6+/t9-,10-,11-,12+/m1/s1. The first kappa shape index (κ1) is 13.9. The van der Waals surface area contributed by atoms with Gasteiger partial charge in [0.1, 0.15) is 0 Å². The van der Waals surface area contributed by atoms with Crippen LogP contribution in [0.5, 0.6) is 0 Å². The minimum atomic E-state index is -1.17. The van der Waals surface area contributed by atoms with E-state index in [4.69, 9.17) is 5.11 Å². The quantitative estimate of drug-likeness (QED) is 0.634. The van der Waals surface area contributed by atoms with Gasteiger partial charge in [-0.1, -0.05) is 37.6 Å². The van der Waals surface area contributed by atoms with Gasteiger partial charge in [-0.05, 0) is 18.8 Å². The number of carboxylic acid groups (broad SMARTS) is 1. The lowest BCUT2D eigenvalue weighted by Crippen LogP contribution is -2.31. The second kappa shape index (κ2) is 6.57. The summed E-state index contributed by atoms with van der Waals surface area (Å²) in [6.07, 6.45) is 7.69. The molecule has 0 radical (unpaired) electrons. The largest absolute Gasteiger partial charge is 0.481 e. The maximum atomic E-state index is 11.0. The van der Waals surface area contributed by atoms with E-state index < -0.39 is 24.1 Å². The van der Waals surface area contributed by atoms with E-state index in [9.17, 15) is 15.0 Å². The number of hydrogen-bond donors (Lipinski definition) is 3. The summed E-state index contributed by atoms with van der Waals surface area (Å²) in [6.45, 7) is 2.08. The number of aliphatic carboxylic acids is 1. The van der Waals surface area contributed by atoms with Gasteiger partial charge < -0.3 is 15.3 Å². The summed E-state index contributed by atoms with van der Waals surface area (Å²) in [5, 5.41) is 28.0. The summed E-state index contributed by atoms with van der Waals surface area (Å²) >= 11 is 0. The molecule has 0 bridgehead atoms. The van der Waals surface area contributed by atoms with E-state index in [1.165, 1.54) is 0 Å². The van der Waals surface area contributed by atoms with Crippen LogP contribution in [-0.4, -0.2) is 33.5 Å². The van der Waals surface area contributed by atoms with E-state index in [-0.39, 0.29) is 5.92 Å². The average molecular weight is 240 g/mol. The fourth-order valence-electron chi connectivity index (χ4n) is 2.13. The van der Waals surface area contributed by atoms with Crippen molar-refractivity contribution in [1.82, 2.24) is 0 Å². The first-order chi connectivity index (χ1) is 8.07. The molecule has 0 heterocycles. The highest BCUT2D eigenvalue weighted by Gasteiger charge is 2.44. The molecule has 0 amide bonds. The Bertz CT molecular complexity index is 309. The number of carboxylic acids is 1. The molecule has 1 saturated carbocycles. The molecule has 0 spiro atoms. The van der Waals surface area contributed by atoms with Crippen LogP contribution in [0.4, 0.5) is 0 Å². The Morgan fingerprint density at radius 3 is 2.65 bits per heavy atom. The fourth-order valence-corrected chi connectivity index (χ4v) is 2.13. The number of carbonyl (C=O) groups is 1. The Labute approximate surface area is 101 Å². The fraction of sp³-hybridized carbons (Fsp3) is 0.615. The Balaban J connectivity index is 2.60. The van der Waals surface area contributed by atoms with E-state index in [1.54, 1.807) is 12.2 Å². The first-order valence-corrected chi connectivity index (χ1v) is 6.00. The number of allylic oxidation sites excluding steroid dienone is 4. The molecular formula is C13H20O4. The van der Waals surface area contributed by atoms with Crippen molar-refractivity contribution in [3.8, 4) is 0 Å². The third-order valence-corrected chi connectivity index (χ3v) is 3.08. The van der Waals surface area contributed by atoms with Crippen molar-refractivity contribution in [1.29, 1.82) is 0 Å². The predicted octanol–water partition coefficient (Wildman–Crippen LogP) is 1.34. The topological polar surface area (TPSA) is 77.8 Å². The summed E-state index contributed by atoms with van der Waals surface area (Å²) < 4.78 is 0. The molecule has 0 unspecified atom stereocenters. The number of aliphatic hydroxyl groups excluding tert-OH is 2. The zero-order valence-electron chi connectivity index (χ0n) is 9.99. The van der Waals surface area contributed by atoms with Crippen molar-refractivity contribution < 1.29 is 20.1 Å². The van der Waals surface area contributed by atoms with E-state index in [0.717, 1.165) is 12.8 Å². The van der Waals surface area contributed by atoms with Gasteiger partial charge in [-0.15, -0.1) is 0 Å². The van der Waals surface area contributed by atoms with Crippen molar-refractivity contribution >= 4 is 5.97 Å². The van der Waals surface area contributed by atoms with E-state index in [0.29, 0.717) is 6.42 Å². The third-order valence-electron chi connectivity index (χ3n) is 3.08. The lowest BCUT2D eigenvalue weighted by atomic mass is 9.94. The second-order valence-corrected chi connectivity index (χ2v) is 4.42. The Morgan fingerprint density at radius 2 is 2.06 bits per heavy atom. The van der Waals surface area contributed by atoms with Crippen molar-refractivity contribution in [2.24, 2.45) is 11.8 Å². The van der Waals surface area contributed by atoms with Crippen LogP contribution in [0.25, 0.3) is 0 Å². The zero-order chi connectivity index (χ0) is 12.8. The number of aliphatic hydroxyl groups is 2. The lowest BCUT2D eigenvalue weighted by Gasteiger charge is -2.14. The molecule has 1 aliphatic rings. The minimum absolute atomic E-state index is 0.302. The Hall–Kier alpha value is -1.13. The van der Waals surface area contributed by atoms with Crippen LogP contribution >= 0.6 is 0 Å². The molecule has 4 nitrogen and oxygen atoms in total. The molecule has 3 N–H and O–H groups in total. The molecule has 1 aliphatic carbocycles. The minimum Gasteiger partial charge on any atom is -0.481 e. The second-order valence-electron chi connectivity index (χ2n) is 4.42. The maximum absolute atomic E-state index is 11.0. The average Bonchev–Trinajstić information content (AvgIpc) is 2.54. The van der Waals surface area contributed by atoms with Gasteiger partial charge in [-0.3, -0.25) is 4.79 Å². The monoisotopic (exact) mass is 240 g/mol. The number of hydrogen-bond acceptors (Lipinski definition) is 3. The normalized spacial score (nSPS) is 33.8. The van der Waals surface area contributed by atoms with Gasteiger partial charge in [0.2, 0.25) is 0 Å². The highest BCUT2D eigenvalue weighted by Crippen LogP contribution is 2.33. The van der Waals surface area contributed by atoms with Gasteiger partial charge in [0.15, 0.2) is 0 Å². The van der Waals surface area contributed by atoms with Gasteiger partial charge in [0.05, 0.1) is 18.1 Å². The molecular weight excluding hydrogens is 220 g/mol. The van der Waals surface area contributed by atoms with Crippen LogP contribution < -0.4 is 0 Å². The Morgan fingerprint density at radius 1 is 1.35 bits per heavy atom. The summed E-state index contributed by atoms with van der Waals surface area (Å²) in [7, 11) is 0. The number of rotatable bonds is 5. The molecule has 1 fully saturated rings. The highest BCUT2D eigenvalue weighted by molar-refractivity contribution is 5.72. The smallest absolute Gasteiger partial charge is 0.309 e. The maximum Gasteiger partial charge on any atom is 0.309 e. The van der Waals surface area contributed by atoms with Gasteiger partial charge in [0, 0.05) is 0 Å². The molecule has 0 aliphatic heterocycles. The van der Waals surface area contributed by atoms with Gasteiger partial charge in [-0.25, -0.2) is 0 Å². The van der Waals surface area contributed by atoms with Crippen molar-refractivity contribution in [3.63, 3.8) is 0 Å². The molecule has 0 aromatic carbocycles. The summed E-state index contributed by atoms with van der Waals surface area (Å²) in [5.74, 6) is -2.26. The van der Waals surface area contributed by atoms with Crippen LogP contribution in [0, 0.1) is 11.8 Å². The predicted molar refractivity (Wildman–Crippen MR) is 64.4 cm³/mol. The van der Waals surface area contributed by atoms with Crippen LogP contribution in [0.2, 0.25) is 0 Å². The molecule has 4 heteroatoms. The molecule has 0 aromatic rings. The molecule has 4 atom stereocenters.